The largest absolute Gasteiger partial charge is 0.497 e. The lowest BCUT2D eigenvalue weighted by Gasteiger charge is -2.32. The smallest absolute Gasteiger partial charge is 0.399 e. The topological polar surface area (TPSA) is 105 Å². The minimum absolute atomic E-state index is 0.0634. The van der Waals surface area contributed by atoms with Crippen LogP contribution in [0.2, 0.25) is 0 Å². The third-order valence-electron chi connectivity index (χ3n) is 3.91. The number of primary sulfonamides is 1. The SMILES string of the molecule is CC1(C)OB(c2cccc(S(N)(=O)=O)c2N)OC1(C)C. The van der Waals surface area contributed by atoms with Crippen molar-refractivity contribution in [2.75, 3.05) is 5.73 Å². The first-order valence-corrected chi connectivity index (χ1v) is 7.77. The predicted molar refractivity (Wildman–Crippen MR) is 77.9 cm³/mol. The average molecular weight is 298 g/mol. The van der Waals surface area contributed by atoms with Crippen LogP contribution in [0.5, 0.6) is 0 Å². The van der Waals surface area contributed by atoms with Gasteiger partial charge in [0.25, 0.3) is 0 Å². The number of anilines is 1. The summed E-state index contributed by atoms with van der Waals surface area (Å²) >= 11 is 0. The summed E-state index contributed by atoms with van der Waals surface area (Å²) in [6.07, 6.45) is 0. The summed E-state index contributed by atoms with van der Waals surface area (Å²) in [5.74, 6) is 0. The van der Waals surface area contributed by atoms with Gasteiger partial charge in [0.2, 0.25) is 10.0 Å². The van der Waals surface area contributed by atoms with E-state index in [0.29, 0.717) is 5.46 Å². The Hall–Kier alpha value is -1.09. The molecule has 1 aromatic carbocycles. The molecule has 4 N–H and O–H groups in total. The minimum Gasteiger partial charge on any atom is -0.399 e. The molecule has 0 unspecified atom stereocenters. The first-order valence-electron chi connectivity index (χ1n) is 6.22. The molecule has 1 aliphatic heterocycles. The van der Waals surface area contributed by atoms with Gasteiger partial charge in [0.05, 0.1) is 16.9 Å². The molecule has 2 rings (SSSR count). The molecular formula is C12H19BN2O4S. The van der Waals surface area contributed by atoms with Crippen molar-refractivity contribution in [3.8, 4) is 0 Å². The molecule has 0 amide bonds. The van der Waals surface area contributed by atoms with E-state index in [9.17, 15) is 8.42 Å². The quantitative estimate of drug-likeness (QED) is 0.600. The van der Waals surface area contributed by atoms with Crippen LogP contribution >= 0.6 is 0 Å². The molecule has 0 radical (unpaired) electrons. The Morgan fingerprint density at radius 1 is 1.10 bits per heavy atom. The van der Waals surface area contributed by atoms with Crippen LogP contribution in [0.1, 0.15) is 27.7 Å². The molecule has 0 saturated carbocycles. The Labute approximate surface area is 119 Å². The van der Waals surface area contributed by atoms with E-state index in [-0.39, 0.29) is 10.6 Å². The molecule has 0 bridgehead atoms. The number of nitrogens with two attached hydrogens (primary N) is 2. The molecule has 1 fully saturated rings. The summed E-state index contributed by atoms with van der Waals surface area (Å²) < 4.78 is 34.7. The number of hydrogen-bond donors (Lipinski definition) is 2. The second-order valence-electron chi connectivity index (χ2n) is 5.89. The molecule has 0 spiro atoms. The fourth-order valence-corrected chi connectivity index (χ4v) is 2.68. The Bertz CT molecular complexity index is 627. The van der Waals surface area contributed by atoms with Crippen LogP contribution in [0.15, 0.2) is 23.1 Å². The van der Waals surface area contributed by atoms with E-state index in [4.69, 9.17) is 20.2 Å². The summed E-state index contributed by atoms with van der Waals surface area (Å²) in [4.78, 5) is -0.121. The first kappa shape index (κ1) is 15.3. The van der Waals surface area contributed by atoms with Gasteiger partial charge in [0, 0.05) is 5.46 Å². The highest BCUT2D eigenvalue weighted by atomic mass is 32.2. The number of para-hydroxylation sites is 1. The van der Waals surface area contributed by atoms with Gasteiger partial charge in [0.1, 0.15) is 4.90 Å². The Morgan fingerprint density at radius 2 is 1.60 bits per heavy atom. The molecule has 1 aliphatic rings. The predicted octanol–water partition coefficient (Wildman–Crippen LogP) is 0.215. The van der Waals surface area contributed by atoms with Crippen LogP contribution in [0, 0.1) is 0 Å². The second-order valence-corrected chi connectivity index (χ2v) is 7.42. The number of hydrogen-bond acceptors (Lipinski definition) is 5. The van der Waals surface area contributed by atoms with Gasteiger partial charge in [-0.15, -0.1) is 0 Å². The van der Waals surface area contributed by atoms with Crippen molar-refractivity contribution in [2.45, 2.75) is 43.8 Å². The molecule has 6 nitrogen and oxygen atoms in total. The third kappa shape index (κ3) is 2.44. The zero-order valence-corrected chi connectivity index (χ0v) is 12.8. The van der Waals surface area contributed by atoms with Crippen LogP contribution in [0.25, 0.3) is 0 Å². The zero-order valence-electron chi connectivity index (χ0n) is 12.0. The van der Waals surface area contributed by atoms with E-state index in [2.05, 4.69) is 0 Å². The average Bonchev–Trinajstić information content (AvgIpc) is 2.46. The first-order chi connectivity index (χ1) is 8.96. The molecule has 20 heavy (non-hydrogen) atoms. The maximum absolute atomic E-state index is 11.5. The minimum atomic E-state index is -3.88. The van der Waals surface area contributed by atoms with Crippen molar-refractivity contribution in [1.82, 2.24) is 0 Å². The second kappa shape index (κ2) is 4.46. The molecule has 1 aromatic rings. The van der Waals surface area contributed by atoms with E-state index in [1.807, 2.05) is 27.7 Å². The molecule has 0 atom stereocenters. The molecule has 0 aromatic heterocycles. The van der Waals surface area contributed by atoms with E-state index in [1.165, 1.54) is 6.07 Å². The Morgan fingerprint density at radius 3 is 2.05 bits per heavy atom. The van der Waals surface area contributed by atoms with Crippen LogP contribution in [0.3, 0.4) is 0 Å². The van der Waals surface area contributed by atoms with Crippen molar-refractivity contribution < 1.29 is 17.7 Å². The van der Waals surface area contributed by atoms with E-state index < -0.39 is 28.3 Å². The summed E-state index contributed by atoms with van der Waals surface area (Å²) in [5, 5.41) is 5.14. The number of rotatable bonds is 2. The Kier molecular flexibility index (Phi) is 3.41. The summed E-state index contributed by atoms with van der Waals surface area (Å²) in [6, 6.07) is 4.60. The molecule has 0 aliphatic carbocycles. The summed E-state index contributed by atoms with van der Waals surface area (Å²) in [7, 11) is -4.60. The van der Waals surface area contributed by atoms with Gasteiger partial charge >= 0.3 is 7.12 Å². The van der Waals surface area contributed by atoms with Gasteiger partial charge in [-0.3, -0.25) is 0 Å². The fraction of sp³-hybridized carbons (Fsp3) is 0.500. The number of benzene rings is 1. The highest BCUT2D eigenvalue weighted by molar-refractivity contribution is 7.89. The normalized spacial score (nSPS) is 21.1. The molecule has 1 saturated heterocycles. The summed E-state index contributed by atoms with van der Waals surface area (Å²) in [5.41, 5.74) is 5.39. The van der Waals surface area contributed by atoms with Gasteiger partial charge in [-0.25, -0.2) is 13.6 Å². The summed E-state index contributed by atoms with van der Waals surface area (Å²) in [6.45, 7) is 7.64. The van der Waals surface area contributed by atoms with E-state index >= 15 is 0 Å². The lowest BCUT2D eigenvalue weighted by molar-refractivity contribution is 0.00578. The van der Waals surface area contributed by atoms with Crippen molar-refractivity contribution in [3.05, 3.63) is 18.2 Å². The Balaban J connectivity index is 2.47. The van der Waals surface area contributed by atoms with Crippen LogP contribution < -0.4 is 16.3 Å². The van der Waals surface area contributed by atoms with Crippen molar-refractivity contribution >= 4 is 28.3 Å². The van der Waals surface area contributed by atoms with Crippen molar-refractivity contribution in [2.24, 2.45) is 5.14 Å². The molecule has 110 valence electrons. The maximum Gasteiger partial charge on any atom is 0.497 e. The fourth-order valence-electron chi connectivity index (χ4n) is 1.98. The van der Waals surface area contributed by atoms with Crippen LogP contribution in [-0.4, -0.2) is 26.7 Å². The van der Waals surface area contributed by atoms with Crippen LogP contribution in [-0.2, 0) is 19.3 Å². The highest BCUT2D eigenvalue weighted by Gasteiger charge is 2.52. The lowest BCUT2D eigenvalue weighted by Crippen LogP contribution is -2.41. The molecule has 1 heterocycles. The van der Waals surface area contributed by atoms with Gasteiger partial charge in [-0.2, -0.15) is 0 Å². The standard InChI is InChI=1S/C12H19BN2O4S/c1-11(2)12(3,4)19-13(18-11)8-6-5-7-9(10(8)14)20(15,16)17/h5-7H,14H2,1-4H3,(H2,15,16,17). The monoisotopic (exact) mass is 298 g/mol. The van der Waals surface area contributed by atoms with Crippen molar-refractivity contribution in [3.63, 3.8) is 0 Å². The molecule has 8 heteroatoms. The van der Waals surface area contributed by atoms with E-state index in [1.54, 1.807) is 12.1 Å². The van der Waals surface area contributed by atoms with Crippen molar-refractivity contribution in [1.29, 1.82) is 0 Å². The van der Waals surface area contributed by atoms with Gasteiger partial charge < -0.3 is 15.0 Å². The number of nitrogen functional groups attached to an aromatic ring is 1. The number of sulfonamides is 1. The van der Waals surface area contributed by atoms with E-state index in [0.717, 1.165) is 0 Å². The lowest BCUT2D eigenvalue weighted by atomic mass is 9.78. The van der Waals surface area contributed by atoms with Gasteiger partial charge in [0.15, 0.2) is 0 Å². The molecular weight excluding hydrogens is 279 g/mol. The van der Waals surface area contributed by atoms with Crippen LogP contribution in [0.4, 0.5) is 5.69 Å². The highest BCUT2D eigenvalue weighted by Crippen LogP contribution is 2.37. The third-order valence-corrected chi connectivity index (χ3v) is 4.88. The van der Waals surface area contributed by atoms with Gasteiger partial charge in [-0.05, 0) is 33.8 Å². The van der Waals surface area contributed by atoms with Gasteiger partial charge in [-0.1, -0.05) is 12.1 Å². The zero-order chi connectivity index (χ0) is 15.3. The maximum atomic E-state index is 11.5.